The van der Waals surface area contributed by atoms with Crippen molar-refractivity contribution in [3.8, 4) is 11.5 Å². The third kappa shape index (κ3) is 3.71. The summed E-state index contributed by atoms with van der Waals surface area (Å²) in [6.07, 6.45) is 4.71. The second-order valence-electron chi connectivity index (χ2n) is 6.68. The molecule has 0 spiro atoms. The van der Waals surface area contributed by atoms with Crippen molar-refractivity contribution < 1.29 is 18.7 Å². The molecule has 2 heterocycles. The number of aromatic nitrogens is 1. The molecular formula is C22H21FN2O3. The number of H-pyrrole nitrogens is 1. The minimum absolute atomic E-state index is 0.00185. The van der Waals surface area contributed by atoms with Gasteiger partial charge in [0.05, 0.1) is 7.11 Å². The molecule has 144 valence electrons. The fraction of sp³-hybridized carbons (Fsp3) is 0.227. The van der Waals surface area contributed by atoms with Gasteiger partial charge in [-0.05, 0) is 54.5 Å². The van der Waals surface area contributed by atoms with E-state index in [4.69, 9.17) is 9.47 Å². The monoisotopic (exact) mass is 380 g/mol. The molecule has 0 unspecified atom stereocenters. The summed E-state index contributed by atoms with van der Waals surface area (Å²) in [5, 5.41) is 0.996. The van der Waals surface area contributed by atoms with Crippen LogP contribution in [0.4, 0.5) is 4.39 Å². The Labute approximate surface area is 162 Å². The minimum atomic E-state index is -0.257. The summed E-state index contributed by atoms with van der Waals surface area (Å²) in [5.74, 6) is 1.07. The van der Waals surface area contributed by atoms with Gasteiger partial charge in [0.2, 0.25) is 0 Å². The number of benzene rings is 2. The second-order valence-corrected chi connectivity index (χ2v) is 6.68. The predicted octanol–water partition coefficient (Wildman–Crippen LogP) is 4.01. The van der Waals surface area contributed by atoms with E-state index < -0.39 is 0 Å². The number of hydrogen-bond acceptors (Lipinski definition) is 3. The molecule has 1 amide bonds. The average molecular weight is 380 g/mol. The third-order valence-electron chi connectivity index (χ3n) is 4.97. The van der Waals surface area contributed by atoms with Gasteiger partial charge in [-0.1, -0.05) is 6.08 Å². The molecule has 0 fully saturated rings. The van der Waals surface area contributed by atoms with Gasteiger partial charge >= 0.3 is 0 Å². The maximum Gasteiger partial charge on any atom is 0.260 e. The first-order valence-corrected chi connectivity index (χ1v) is 9.15. The highest BCUT2D eigenvalue weighted by molar-refractivity contribution is 5.93. The number of methoxy groups -OCH3 is 1. The van der Waals surface area contributed by atoms with Crippen LogP contribution in [0.15, 0.2) is 54.7 Å². The molecule has 0 aliphatic carbocycles. The van der Waals surface area contributed by atoms with Crippen LogP contribution in [0.3, 0.4) is 0 Å². The first-order valence-electron chi connectivity index (χ1n) is 9.15. The lowest BCUT2D eigenvalue weighted by Crippen LogP contribution is -2.37. The van der Waals surface area contributed by atoms with Crippen LogP contribution in [0.25, 0.3) is 16.5 Å². The standard InChI is InChI=1S/C22H21FN2O3/c1-27-17-3-5-18(6-4-17)28-14-22(26)25-10-8-15(9-11-25)20-13-24-21-12-16(23)2-7-19(20)21/h2-8,12-13,24H,9-11,14H2,1H3. The molecule has 3 aromatic rings. The van der Waals surface area contributed by atoms with Crippen LogP contribution < -0.4 is 9.47 Å². The molecule has 6 heteroatoms. The van der Waals surface area contributed by atoms with Gasteiger partial charge in [-0.3, -0.25) is 4.79 Å². The molecule has 1 aliphatic heterocycles. The van der Waals surface area contributed by atoms with Crippen molar-refractivity contribution in [3.05, 3.63) is 66.1 Å². The molecule has 1 aromatic heterocycles. The van der Waals surface area contributed by atoms with Crippen LogP contribution in [-0.2, 0) is 4.79 Å². The highest BCUT2D eigenvalue weighted by Gasteiger charge is 2.20. The Hall–Kier alpha value is -3.28. The lowest BCUT2D eigenvalue weighted by atomic mass is 9.99. The number of nitrogens with zero attached hydrogens (tertiary/aromatic N) is 1. The minimum Gasteiger partial charge on any atom is -0.497 e. The van der Waals surface area contributed by atoms with Gasteiger partial charge < -0.3 is 19.4 Å². The average Bonchev–Trinajstić information content (AvgIpc) is 3.15. The Morgan fingerprint density at radius 3 is 2.68 bits per heavy atom. The summed E-state index contributed by atoms with van der Waals surface area (Å²) in [6, 6.07) is 11.9. The molecule has 0 atom stereocenters. The summed E-state index contributed by atoms with van der Waals surface area (Å²) in [4.78, 5) is 17.3. The summed E-state index contributed by atoms with van der Waals surface area (Å²) in [7, 11) is 1.60. The second kappa shape index (κ2) is 7.76. The molecule has 28 heavy (non-hydrogen) atoms. The van der Waals surface area contributed by atoms with Crippen molar-refractivity contribution in [3.63, 3.8) is 0 Å². The van der Waals surface area contributed by atoms with E-state index in [0.29, 0.717) is 18.8 Å². The summed E-state index contributed by atoms with van der Waals surface area (Å²) in [5.41, 5.74) is 3.01. The molecular weight excluding hydrogens is 359 g/mol. The smallest absolute Gasteiger partial charge is 0.260 e. The van der Waals surface area contributed by atoms with E-state index in [0.717, 1.165) is 34.2 Å². The molecule has 2 aromatic carbocycles. The zero-order chi connectivity index (χ0) is 19.5. The quantitative estimate of drug-likeness (QED) is 0.728. The van der Waals surface area contributed by atoms with E-state index in [1.165, 1.54) is 12.1 Å². The molecule has 0 saturated heterocycles. The maximum atomic E-state index is 13.4. The molecule has 5 nitrogen and oxygen atoms in total. The van der Waals surface area contributed by atoms with Crippen molar-refractivity contribution >= 4 is 22.4 Å². The number of amides is 1. The van der Waals surface area contributed by atoms with E-state index in [2.05, 4.69) is 11.1 Å². The highest BCUT2D eigenvalue weighted by Crippen LogP contribution is 2.29. The highest BCUT2D eigenvalue weighted by atomic mass is 19.1. The molecule has 1 N–H and O–H groups in total. The van der Waals surface area contributed by atoms with Crippen LogP contribution in [0.1, 0.15) is 12.0 Å². The van der Waals surface area contributed by atoms with Gasteiger partial charge in [0.25, 0.3) is 5.91 Å². The molecule has 0 bridgehead atoms. The number of hydrogen-bond donors (Lipinski definition) is 1. The SMILES string of the molecule is COc1ccc(OCC(=O)N2CC=C(c3c[nH]c4cc(F)ccc34)CC2)cc1. The fourth-order valence-corrected chi connectivity index (χ4v) is 3.41. The molecule has 1 aliphatic rings. The molecule has 0 saturated carbocycles. The first kappa shape index (κ1) is 18.1. The van der Waals surface area contributed by atoms with E-state index in [1.54, 1.807) is 42.3 Å². The topological polar surface area (TPSA) is 54.6 Å². The van der Waals surface area contributed by atoms with Crippen LogP contribution in [0.5, 0.6) is 11.5 Å². The van der Waals surface area contributed by atoms with Gasteiger partial charge in [-0.2, -0.15) is 0 Å². The Kier molecular flexibility index (Phi) is 5.02. The van der Waals surface area contributed by atoms with E-state index >= 15 is 0 Å². The van der Waals surface area contributed by atoms with E-state index in [-0.39, 0.29) is 18.3 Å². The molecule has 0 radical (unpaired) electrons. The first-order chi connectivity index (χ1) is 13.6. The summed E-state index contributed by atoms with van der Waals surface area (Å²) in [6.45, 7) is 1.17. The Morgan fingerprint density at radius 2 is 1.96 bits per heavy atom. The number of rotatable bonds is 5. The van der Waals surface area contributed by atoms with Crippen molar-refractivity contribution in [2.75, 3.05) is 26.8 Å². The van der Waals surface area contributed by atoms with Crippen molar-refractivity contribution in [1.29, 1.82) is 0 Å². The number of ether oxygens (including phenoxy) is 2. The summed E-state index contributed by atoms with van der Waals surface area (Å²) < 4.78 is 24.1. The number of carbonyl (C=O) groups excluding carboxylic acids is 1. The Balaban J connectivity index is 1.38. The fourth-order valence-electron chi connectivity index (χ4n) is 3.41. The zero-order valence-corrected chi connectivity index (χ0v) is 15.6. The zero-order valence-electron chi connectivity index (χ0n) is 15.6. The maximum absolute atomic E-state index is 13.4. The van der Waals surface area contributed by atoms with Gasteiger partial charge in [0.1, 0.15) is 17.3 Å². The van der Waals surface area contributed by atoms with Crippen molar-refractivity contribution in [1.82, 2.24) is 9.88 Å². The number of carbonyl (C=O) groups is 1. The Bertz CT molecular complexity index is 1020. The van der Waals surface area contributed by atoms with Crippen LogP contribution in [-0.4, -0.2) is 42.6 Å². The largest absolute Gasteiger partial charge is 0.497 e. The Morgan fingerprint density at radius 1 is 1.18 bits per heavy atom. The third-order valence-corrected chi connectivity index (χ3v) is 4.97. The predicted molar refractivity (Wildman–Crippen MR) is 106 cm³/mol. The lowest BCUT2D eigenvalue weighted by Gasteiger charge is -2.26. The van der Waals surface area contributed by atoms with Crippen LogP contribution >= 0.6 is 0 Å². The van der Waals surface area contributed by atoms with Gasteiger partial charge in [-0.25, -0.2) is 4.39 Å². The molecule has 4 rings (SSSR count). The van der Waals surface area contributed by atoms with E-state index in [1.807, 2.05) is 6.20 Å². The van der Waals surface area contributed by atoms with Crippen molar-refractivity contribution in [2.45, 2.75) is 6.42 Å². The van der Waals surface area contributed by atoms with Gasteiger partial charge in [-0.15, -0.1) is 0 Å². The van der Waals surface area contributed by atoms with Crippen LogP contribution in [0.2, 0.25) is 0 Å². The van der Waals surface area contributed by atoms with Crippen molar-refractivity contribution in [2.24, 2.45) is 0 Å². The van der Waals surface area contributed by atoms with Gasteiger partial charge in [0.15, 0.2) is 6.61 Å². The summed E-state index contributed by atoms with van der Waals surface area (Å²) >= 11 is 0. The van der Waals surface area contributed by atoms with Gasteiger partial charge in [0, 0.05) is 35.8 Å². The lowest BCUT2D eigenvalue weighted by molar-refractivity contribution is -0.132. The normalized spacial score (nSPS) is 14.1. The number of nitrogens with one attached hydrogen (secondary N) is 1. The number of fused-ring (bicyclic) bond motifs is 1. The number of aromatic amines is 1. The van der Waals surface area contributed by atoms with Crippen LogP contribution in [0, 0.1) is 5.82 Å². The van der Waals surface area contributed by atoms with E-state index in [9.17, 15) is 9.18 Å². The number of halogens is 1.